The second-order valence-electron chi connectivity index (χ2n) is 5.10. The molecule has 1 saturated carbocycles. The van der Waals surface area contributed by atoms with E-state index in [1.54, 1.807) is 0 Å². The van der Waals surface area contributed by atoms with Gasteiger partial charge >= 0.3 is 0 Å². The van der Waals surface area contributed by atoms with E-state index in [0.717, 1.165) is 17.4 Å². The van der Waals surface area contributed by atoms with E-state index in [-0.39, 0.29) is 0 Å². The number of hydrogen-bond donors (Lipinski definition) is 0. The maximum atomic E-state index is 2.62. The molecular formula is C11H21N. The Morgan fingerprint density at radius 1 is 1.25 bits per heavy atom. The van der Waals surface area contributed by atoms with Crippen LogP contribution in [0.15, 0.2) is 0 Å². The molecule has 0 aromatic rings. The van der Waals surface area contributed by atoms with Crippen LogP contribution in [0.2, 0.25) is 0 Å². The predicted octanol–water partition coefficient (Wildman–Crippen LogP) is 2.52. The molecular weight excluding hydrogens is 146 g/mol. The molecule has 1 nitrogen and oxygen atoms in total. The molecule has 0 N–H and O–H groups in total. The van der Waals surface area contributed by atoms with Crippen LogP contribution < -0.4 is 0 Å². The van der Waals surface area contributed by atoms with Crippen molar-refractivity contribution in [2.24, 2.45) is 11.3 Å². The average Bonchev–Trinajstić information content (AvgIpc) is 2.62. The first-order valence-corrected chi connectivity index (χ1v) is 5.38. The molecule has 2 rings (SSSR count). The van der Waals surface area contributed by atoms with Crippen molar-refractivity contribution in [1.82, 2.24) is 4.90 Å². The highest BCUT2D eigenvalue weighted by Gasteiger charge is 2.51. The summed E-state index contributed by atoms with van der Waals surface area (Å²) < 4.78 is 0. The van der Waals surface area contributed by atoms with Gasteiger partial charge in [0.15, 0.2) is 0 Å². The minimum Gasteiger partial charge on any atom is -0.301 e. The van der Waals surface area contributed by atoms with Gasteiger partial charge in [-0.1, -0.05) is 6.92 Å². The summed E-state index contributed by atoms with van der Waals surface area (Å²) in [6.45, 7) is 9.75. The summed E-state index contributed by atoms with van der Waals surface area (Å²) in [5, 5.41) is 0. The second-order valence-corrected chi connectivity index (χ2v) is 5.10. The van der Waals surface area contributed by atoms with Crippen LogP contribution in [0.1, 0.15) is 40.0 Å². The van der Waals surface area contributed by atoms with Gasteiger partial charge < -0.3 is 4.90 Å². The summed E-state index contributed by atoms with van der Waals surface area (Å²) in [4.78, 5) is 2.62. The molecule has 1 aliphatic heterocycles. The highest BCUT2D eigenvalue weighted by atomic mass is 15.2. The summed E-state index contributed by atoms with van der Waals surface area (Å²) in [6.07, 6.45) is 4.44. The Morgan fingerprint density at radius 3 is 2.08 bits per heavy atom. The van der Waals surface area contributed by atoms with E-state index in [1.165, 1.54) is 32.4 Å². The highest BCUT2D eigenvalue weighted by Crippen LogP contribution is 2.58. The molecule has 1 spiro atoms. The van der Waals surface area contributed by atoms with Crippen molar-refractivity contribution in [2.75, 3.05) is 13.1 Å². The van der Waals surface area contributed by atoms with Gasteiger partial charge in [0, 0.05) is 6.04 Å². The van der Waals surface area contributed by atoms with E-state index in [4.69, 9.17) is 0 Å². The molecule has 0 amide bonds. The fourth-order valence-electron chi connectivity index (χ4n) is 2.73. The van der Waals surface area contributed by atoms with Gasteiger partial charge in [-0.15, -0.1) is 0 Å². The van der Waals surface area contributed by atoms with Crippen LogP contribution in [-0.4, -0.2) is 24.0 Å². The lowest BCUT2D eigenvalue weighted by Crippen LogP contribution is -2.39. The molecule has 1 heterocycles. The molecule has 0 unspecified atom stereocenters. The normalized spacial score (nSPS) is 34.5. The van der Waals surface area contributed by atoms with Crippen molar-refractivity contribution in [1.29, 1.82) is 0 Å². The predicted molar refractivity (Wildman–Crippen MR) is 52.2 cm³/mol. The topological polar surface area (TPSA) is 3.24 Å². The van der Waals surface area contributed by atoms with Gasteiger partial charge in [0.2, 0.25) is 0 Å². The largest absolute Gasteiger partial charge is 0.301 e. The molecule has 0 bridgehead atoms. The summed E-state index contributed by atoms with van der Waals surface area (Å²) >= 11 is 0. The molecule has 0 aromatic heterocycles. The third kappa shape index (κ3) is 1.28. The van der Waals surface area contributed by atoms with Gasteiger partial charge in [-0.25, -0.2) is 0 Å². The van der Waals surface area contributed by atoms with Crippen molar-refractivity contribution in [3.63, 3.8) is 0 Å². The van der Waals surface area contributed by atoms with Crippen molar-refractivity contribution in [2.45, 2.75) is 46.1 Å². The van der Waals surface area contributed by atoms with Crippen molar-refractivity contribution >= 4 is 0 Å². The van der Waals surface area contributed by atoms with Crippen LogP contribution in [0.3, 0.4) is 0 Å². The van der Waals surface area contributed by atoms with Gasteiger partial charge in [-0.2, -0.15) is 0 Å². The van der Waals surface area contributed by atoms with Gasteiger partial charge in [-0.3, -0.25) is 0 Å². The first kappa shape index (κ1) is 8.55. The van der Waals surface area contributed by atoms with E-state index < -0.39 is 0 Å². The average molecular weight is 167 g/mol. The fraction of sp³-hybridized carbons (Fsp3) is 1.00. The zero-order valence-electron chi connectivity index (χ0n) is 8.64. The third-order valence-electron chi connectivity index (χ3n) is 4.12. The SMILES string of the molecule is CC(C)N1CCC2(CC1)C[C@@H]2C. The minimum absolute atomic E-state index is 0.761. The highest BCUT2D eigenvalue weighted by molar-refractivity contribution is 5.02. The monoisotopic (exact) mass is 167 g/mol. The molecule has 0 radical (unpaired) electrons. The number of hydrogen-bond acceptors (Lipinski definition) is 1. The van der Waals surface area contributed by atoms with Crippen LogP contribution in [0.25, 0.3) is 0 Å². The Labute approximate surface area is 76.1 Å². The van der Waals surface area contributed by atoms with Gasteiger partial charge in [-0.05, 0) is 57.5 Å². The lowest BCUT2D eigenvalue weighted by Gasteiger charge is -2.35. The molecule has 2 fully saturated rings. The van der Waals surface area contributed by atoms with Crippen LogP contribution in [0.5, 0.6) is 0 Å². The Morgan fingerprint density at radius 2 is 1.75 bits per heavy atom. The summed E-state index contributed by atoms with van der Waals surface area (Å²) in [5.74, 6) is 1.03. The van der Waals surface area contributed by atoms with Crippen molar-refractivity contribution < 1.29 is 0 Å². The van der Waals surface area contributed by atoms with E-state index >= 15 is 0 Å². The van der Waals surface area contributed by atoms with Gasteiger partial charge in [0.1, 0.15) is 0 Å². The van der Waals surface area contributed by atoms with E-state index in [9.17, 15) is 0 Å². The lowest BCUT2D eigenvalue weighted by molar-refractivity contribution is 0.133. The second kappa shape index (κ2) is 2.73. The van der Waals surface area contributed by atoms with Crippen LogP contribution in [-0.2, 0) is 0 Å². The van der Waals surface area contributed by atoms with Crippen LogP contribution >= 0.6 is 0 Å². The quantitative estimate of drug-likeness (QED) is 0.580. The van der Waals surface area contributed by atoms with Gasteiger partial charge in [0.25, 0.3) is 0 Å². The van der Waals surface area contributed by atoms with Crippen molar-refractivity contribution in [3.8, 4) is 0 Å². The number of piperidine rings is 1. The smallest absolute Gasteiger partial charge is 0.00385 e. The van der Waals surface area contributed by atoms with E-state index in [0.29, 0.717) is 0 Å². The number of likely N-dealkylation sites (tertiary alicyclic amines) is 1. The zero-order chi connectivity index (χ0) is 8.77. The van der Waals surface area contributed by atoms with E-state index in [1.807, 2.05) is 0 Å². The molecule has 1 saturated heterocycles. The molecule has 1 aliphatic carbocycles. The minimum atomic E-state index is 0.761. The van der Waals surface area contributed by atoms with Gasteiger partial charge in [0.05, 0.1) is 0 Å². The summed E-state index contributed by atoms with van der Waals surface area (Å²) in [6, 6.07) is 0.761. The first-order valence-electron chi connectivity index (χ1n) is 5.38. The molecule has 12 heavy (non-hydrogen) atoms. The fourth-order valence-corrected chi connectivity index (χ4v) is 2.73. The molecule has 0 aromatic carbocycles. The lowest BCUT2D eigenvalue weighted by atomic mass is 9.91. The van der Waals surface area contributed by atoms with Crippen LogP contribution in [0, 0.1) is 11.3 Å². The van der Waals surface area contributed by atoms with E-state index in [2.05, 4.69) is 25.7 Å². The Balaban J connectivity index is 1.86. The molecule has 1 atom stereocenters. The summed E-state index contributed by atoms with van der Waals surface area (Å²) in [7, 11) is 0. The third-order valence-corrected chi connectivity index (χ3v) is 4.12. The zero-order valence-corrected chi connectivity index (χ0v) is 8.64. The number of rotatable bonds is 1. The van der Waals surface area contributed by atoms with Crippen molar-refractivity contribution in [3.05, 3.63) is 0 Å². The summed E-state index contributed by atoms with van der Waals surface area (Å²) in [5.41, 5.74) is 0.811. The molecule has 2 aliphatic rings. The Bertz CT molecular complexity index is 166. The maximum Gasteiger partial charge on any atom is 0.00385 e. The Hall–Kier alpha value is -0.0400. The molecule has 1 heteroatoms. The first-order chi connectivity index (χ1) is 5.64. The standard InChI is InChI=1S/C11H21N/c1-9(2)12-6-4-11(5-7-12)8-10(11)3/h9-10H,4-8H2,1-3H3/t10-/m0/s1. The maximum absolute atomic E-state index is 2.62. The van der Waals surface area contributed by atoms with Crippen LogP contribution in [0.4, 0.5) is 0 Å². The number of nitrogens with zero attached hydrogens (tertiary/aromatic N) is 1. The Kier molecular flexibility index (Phi) is 1.95. The molecule has 70 valence electrons.